The van der Waals surface area contributed by atoms with Gasteiger partial charge in [0.2, 0.25) is 12.1 Å². The van der Waals surface area contributed by atoms with Crippen LogP contribution in [0.2, 0.25) is 5.02 Å². The summed E-state index contributed by atoms with van der Waals surface area (Å²) in [4.78, 5) is 48.3. The largest absolute Gasteiger partial charge is 0.341 e. The number of benzodiazepines with no additional fused rings is 1. The lowest BCUT2D eigenvalue weighted by Gasteiger charge is -2.33. The second-order valence-electron chi connectivity index (χ2n) is 8.76. The molecule has 4 amide bonds. The van der Waals surface area contributed by atoms with Crippen LogP contribution < -0.4 is 15.5 Å². The summed E-state index contributed by atoms with van der Waals surface area (Å²) in [5.41, 5.74) is 3.06. The first kappa shape index (κ1) is 26.9. The molecule has 1 aliphatic rings. The summed E-state index contributed by atoms with van der Waals surface area (Å²) in [5, 5.41) is 5.95. The zero-order valence-corrected chi connectivity index (χ0v) is 22.3. The topological polar surface area (TPSA) is 94.1 Å². The molecule has 1 heterocycles. The normalized spacial score (nSPS) is 15.6. The fourth-order valence-electron chi connectivity index (χ4n) is 4.44. The molecule has 0 aliphatic carbocycles. The molecule has 8 nitrogen and oxygen atoms in total. The maximum atomic E-state index is 14.1. The smallest absolute Gasteiger partial charge is 0.321 e. The quantitative estimate of drug-likeness (QED) is 0.452. The third kappa shape index (κ3) is 5.70. The average Bonchev–Trinajstić information content (AvgIpc) is 3.05. The molecule has 0 spiro atoms. The fourth-order valence-corrected chi connectivity index (χ4v) is 4.57. The predicted molar refractivity (Wildman–Crippen MR) is 151 cm³/mol. The van der Waals surface area contributed by atoms with Gasteiger partial charge in [-0.05, 0) is 51.1 Å². The Kier molecular flexibility index (Phi) is 8.43. The molecule has 0 saturated carbocycles. The SMILES string of the molecule is CCN(CC)C(=O)C(C)N1C(=O)C(NC(=O)Nc2ccc(Cl)cc2)N=C(c2ccccc2)c2ccccc21. The predicted octanol–water partition coefficient (Wildman–Crippen LogP) is 4.93. The Morgan fingerprint density at radius 3 is 2.26 bits per heavy atom. The number of carbonyl (C=O) groups is 3. The number of nitrogens with one attached hydrogen (secondary N) is 2. The number of hydrogen-bond donors (Lipinski definition) is 2. The molecule has 9 heteroatoms. The molecule has 0 aromatic heterocycles. The molecule has 4 rings (SSSR count). The molecule has 0 saturated heterocycles. The highest BCUT2D eigenvalue weighted by atomic mass is 35.5. The van der Waals surface area contributed by atoms with Crippen LogP contribution in [0.1, 0.15) is 31.9 Å². The fraction of sp³-hybridized carbons (Fsp3) is 0.241. The number of benzene rings is 3. The van der Waals surface area contributed by atoms with Crippen molar-refractivity contribution in [2.24, 2.45) is 4.99 Å². The first-order chi connectivity index (χ1) is 18.3. The first-order valence-electron chi connectivity index (χ1n) is 12.5. The zero-order valence-electron chi connectivity index (χ0n) is 21.5. The number of hydrogen-bond acceptors (Lipinski definition) is 4. The number of para-hydroxylation sites is 1. The summed E-state index contributed by atoms with van der Waals surface area (Å²) < 4.78 is 0. The third-order valence-electron chi connectivity index (χ3n) is 6.39. The summed E-state index contributed by atoms with van der Waals surface area (Å²) in [7, 11) is 0. The standard InChI is InChI=1S/C29H30ClN5O3/c1-4-34(5-2)27(36)19(3)35-24-14-10-9-13-23(24)25(20-11-7-6-8-12-20)32-26(28(35)37)33-29(38)31-22-17-15-21(30)16-18-22/h6-19,26H,4-5H2,1-3H3,(H2,31,33,38). The molecule has 3 aromatic rings. The monoisotopic (exact) mass is 531 g/mol. The lowest BCUT2D eigenvalue weighted by molar-refractivity contribution is -0.134. The number of carbonyl (C=O) groups excluding carboxylic acids is 3. The summed E-state index contributed by atoms with van der Waals surface area (Å²) in [6.45, 7) is 6.52. The van der Waals surface area contributed by atoms with Crippen molar-refractivity contribution in [1.29, 1.82) is 0 Å². The van der Waals surface area contributed by atoms with Gasteiger partial charge in [0, 0.05) is 34.9 Å². The maximum absolute atomic E-state index is 14.1. The second-order valence-corrected chi connectivity index (χ2v) is 9.20. The number of rotatable bonds is 7. The van der Waals surface area contributed by atoms with Crippen molar-refractivity contribution in [3.63, 3.8) is 0 Å². The number of halogens is 1. The molecular formula is C29H30ClN5O3. The van der Waals surface area contributed by atoms with Crippen LogP contribution in [0, 0.1) is 0 Å². The molecule has 2 atom stereocenters. The number of fused-ring (bicyclic) bond motifs is 1. The van der Waals surface area contributed by atoms with E-state index in [0.29, 0.717) is 40.8 Å². The second kappa shape index (κ2) is 11.9. The van der Waals surface area contributed by atoms with Gasteiger partial charge in [0.15, 0.2) is 0 Å². The van der Waals surface area contributed by atoms with Crippen molar-refractivity contribution < 1.29 is 14.4 Å². The van der Waals surface area contributed by atoms with Gasteiger partial charge in [-0.3, -0.25) is 14.5 Å². The third-order valence-corrected chi connectivity index (χ3v) is 6.64. The molecule has 0 bridgehead atoms. The van der Waals surface area contributed by atoms with Crippen molar-refractivity contribution >= 4 is 46.5 Å². The van der Waals surface area contributed by atoms with E-state index in [1.165, 1.54) is 4.90 Å². The van der Waals surface area contributed by atoms with Crippen molar-refractivity contribution in [3.8, 4) is 0 Å². The summed E-state index contributed by atoms with van der Waals surface area (Å²) in [6.07, 6.45) is -1.28. The summed E-state index contributed by atoms with van der Waals surface area (Å²) in [5.74, 6) is -0.701. The van der Waals surface area contributed by atoms with E-state index in [1.807, 2.05) is 62.4 Å². The van der Waals surface area contributed by atoms with Crippen LogP contribution >= 0.6 is 11.6 Å². The Labute approximate surface area is 227 Å². The van der Waals surface area contributed by atoms with Crippen LogP contribution in [0.15, 0.2) is 83.9 Å². The minimum Gasteiger partial charge on any atom is -0.341 e. The van der Waals surface area contributed by atoms with Crippen LogP contribution in [0.3, 0.4) is 0 Å². The van der Waals surface area contributed by atoms with Crippen molar-refractivity contribution in [2.45, 2.75) is 33.0 Å². The Bertz CT molecular complexity index is 1340. The van der Waals surface area contributed by atoms with E-state index in [2.05, 4.69) is 10.6 Å². The van der Waals surface area contributed by atoms with E-state index < -0.39 is 24.1 Å². The highest BCUT2D eigenvalue weighted by molar-refractivity contribution is 6.30. The zero-order chi connectivity index (χ0) is 27.2. The number of amides is 4. The first-order valence-corrected chi connectivity index (χ1v) is 12.9. The number of nitrogens with zero attached hydrogens (tertiary/aromatic N) is 3. The highest BCUT2D eigenvalue weighted by Gasteiger charge is 2.38. The van der Waals surface area contributed by atoms with Gasteiger partial charge < -0.3 is 15.5 Å². The van der Waals surface area contributed by atoms with Gasteiger partial charge in [0.1, 0.15) is 6.04 Å². The van der Waals surface area contributed by atoms with Gasteiger partial charge >= 0.3 is 6.03 Å². The van der Waals surface area contributed by atoms with Crippen LogP contribution in [0.25, 0.3) is 0 Å². The number of urea groups is 1. The van der Waals surface area contributed by atoms with Crippen LogP contribution in [-0.4, -0.2) is 53.8 Å². The minimum atomic E-state index is -1.28. The van der Waals surface area contributed by atoms with Crippen molar-refractivity contribution in [2.75, 3.05) is 23.3 Å². The van der Waals surface area contributed by atoms with E-state index in [9.17, 15) is 14.4 Å². The Morgan fingerprint density at radius 2 is 1.61 bits per heavy atom. The van der Waals surface area contributed by atoms with Gasteiger partial charge in [-0.25, -0.2) is 9.79 Å². The van der Waals surface area contributed by atoms with Gasteiger partial charge in [-0.1, -0.05) is 60.1 Å². The highest BCUT2D eigenvalue weighted by Crippen LogP contribution is 2.30. The van der Waals surface area contributed by atoms with E-state index in [1.54, 1.807) is 42.2 Å². The van der Waals surface area contributed by atoms with Crippen molar-refractivity contribution in [1.82, 2.24) is 10.2 Å². The molecule has 2 unspecified atom stereocenters. The van der Waals surface area contributed by atoms with E-state index in [0.717, 1.165) is 5.56 Å². The Morgan fingerprint density at radius 1 is 0.974 bits per heavy atom. The minimum absolute atomic E-state index is 0.189. The van der Waals surface area contributed by atoms with E-state index >= 15 is 0 Å². The van der Waals surface area contributed by atoms with E-state index in [4.69, 9.17) is 16.6 Å². The molecule has 1 aliphatic heterocycles. The summed E-state index contributed by atoms with van der Waals surface area (Å²) in [6, 6.07) is 22.0. The summed E-state index contributed by atoms with van der Waals surface area (Å²) >= 11 is 5.95. The van der Waals surface area contributed by atoms with Gasteiger partial charge in [0.05, 0.1) is 11.4 Å². The van der Waals surface area contributed by atoms with Crippen LogP contribution in [-0.2, 0) is 9.59 Å². The van der Waals surface area contributed by atoms with E-state index in [-0.39, 0.29) is 5.91 Å². The van der Waals surface area contributed by atoms with Crippen LogP contribution in [0.4, 0.5) is 16.2 Å². The molecule has 196 valence electrons. The molecule has 3 aromatic carbocycles. The number of anilines is 2. The number of aliphatic imine (C=N–C) groups is 1. The van der Waals surface area contributed by atoms with Crippen LogP contribution in [0.5, 0.6) is 0 Å². The Balaban J connectivity index is 1.77. The Hall–Kier alpha value is -4.17. The van der Waals surface area contributed by atoms with Gasteiger partial charge in [-0.15, -0.1) is 0 Å². The maximum Gasteiger partial charge on any atom is 0.321 e. The molecule has 2 N–H and O–H groups in total. The molecule has 0 fully saturated rings. The number of likely N-dealkylation sites (N-methyl/N-ethyl adjacent to an activating group) is 1. The molecule has 38 heavy (non-hydrogen) atoms. The van der Waals surface area contributed by atoms with Gasteiger partial charge in [-0.2, -0.15) is 0 Å². The lowest BCUT2D eigenvalue weighted by atomic mass is 9.99. The lowest BCUT2D eigenvalue weighted by Crippen LogP contribution is -2.55. The van der Waals surface area contributed by atoms with Crippen molar-refractivity contribution in [3.05, 3.63) is 95.0 Å². The van der Waals surface area contributed by atoms with Gasteiger partial charge in [0.25, 0.3) is 5.91 Å². The molecule has 0 radical (unpaired) electrons. The average molecular weight is 532 g/mol. The molecular weight excluding hydrogens is 502 g/mol.